The van der Waals surface area contributed by atoms with Crippen molar-refractivity contribution in [3.8, 4) is 0 Å². The van der Waals surface area contributed by atoms with Crippen molar-refractivity contribution in [3.63, 3.8) is 0 Å². The van der Waals surface area contributed by atoms with Crippen LogP contribution in [0.25, 0.3) is 5.03 Å². The normalized spacial score (nSPS) is 11.5. The highest BCUT2D eigenvalue weighted by atomic mass is 79.9. The molecule has 0 aliphatic rings. The fraction of sp³-hybridized carbons (Fsp3) is 0.222. The second-order valence-corrected chi connectivity index (χ2v) is 5.60. The molecule has 4 heteroatoms. The lowest BCUT2D eigenvalue weighted by molar-refractivity contribution is -0.458. The predicted molar refractivity (Wildman–Crippen MR) is 64.0 cm³/mol. The van der Waals surface area contributed by atoms with E-state index >= 15 is 0 Å². The van der Waals surface area contributed by atoms with E-state index < -0.39 is 0 Å². The standard InChI is InChI=1S/C9H10BrClNS/c1-12(2)6-5-7(11)8-3-4-9(10)13-8/h3-6H,1-2H3/q+1/b7-5-. The van der Waals surface area contributed by atoms with E-state index in [9.17, 15) is 0 Å². The summed E-state index contributed by atoms with van der Waals surface area (Å²) < 4.78 is 3.05. The Morgan fingerprint density at radius 3 is 2.69 bits per heavy atom. The molecule has 0 amide bonds. The minimum atomic E-state index is 0.768. The van der Waals surface area contributed by atoms with Crippen LogP contribution < -0.4 is 0 Å². The molecular weight excluding hydrogens is 270 g/mol. The molecule has 0 N–H and O–H groups in total. The van der Waals surface area contributed by atoms with Gasteiger partial charge in [0.2, 0.25) is 0 Å². The van der Waals surface area contributed by atoms with E-state index in [2.05, 4.69) is 15.9 Å². The lowest BCUT2D eigenvalue weighted by Gasteiger charge is -1.89. The topological polar surface area (TPSA) is 3.01 Å². The summed E-state index contributed by atoms with van der Waals surface area (Å²) in [6.45, 7) is 0. The van der Waals surface area contributed by atoms with Crippen molar-refractivity contribution in [1.29, 1.82) is 0 Å². The molecule has 1 aromatic rings. The second-order valence-electron chi connectivity index (χ2n) is 2.73. The third-order valence-electron chi connectivity index (χ3n) is 1.33. The van der Waals surface area contributed by atoms with Crippen LogP contribution in [0.5, 0.6) is 0 Å². The Morgan fingerprint density at radius 1 is 1.54 bits per heavy atom. The maximum atomic E-state index is 6.06. The molecule has 0 radical (unpaired) electrons. The SMILES string of the molecule is C[N+](C)=C/C=C(\Cl)c1ccc(Br)s1. The van der Waals surface area contributed by atoms with Crippen LogP contribution >= 0.6 is 38.9 Å². The van der Waals surface area contributed by atoms with Crippen LogP contribution in [-0.4, -0.2) is 24.9 Å². The van der Waals surface area contributed by atoms with Gasteiger partial charge in [0, 0.05) is 11.0 Å². The lowest BCUT2D eigenvalue weighted by atomic mass is 10.4. The molecule has 0 aliphatic heterocycles. The first kappa shape index (κ1) is 11.0. The summed E-state index contributed by atoms with van der Waals surface area (Å²) >= 11 is 11.1. The van der Waals surface area contributed by atoms with Crippen LogP contribution in [0.4, 0.5) is 0 Å². The Balaban J connectivity index is 2.85. The molecule has 0 aliphatic carbocycles. The fourth-order valence-electron chi connectivity index (χ4n) is 0.739. The number of hydrogen-bond donors (Lipinski definition) is 0. The fourth-order valence-corrected chi connectivity index (χ4v) is 2.28. The van der Waals surface area contributed by atoms with E-state index in [-0.39, 0.29) is 0 Å². The molecule has 1 nitrogen and oxygen atoms in total. The van der Waals surface area contributed by atoms with Crippen molar-refractivity contribution in [2.24, 2.45) is 0 Å². The van der Waals surface area contributed by atoms with Crippen LogP contribution in [0.1, 0.15) is 4.88 Å². The number of nitrogens with zero attached hydrogens (tertiary/aromatic N) is 1. The first-order chi connectivity index (χ1) is 6.09. The van der Waals surface area contributed by atoms with Gasteiger partial charge >= 0.3 is 0 Å². The first-order valence-electron chi connectivity index (χ1n) is 3.72. The van der Waals surface area contributed by atoms with E-state index in [1.807, 2.05) is 43.1 Å². The van der Waals surface area contributed by atoms with Crippen LogP contribution in [0.3, 0.4) is 0 Å². The molecule has 0 unspecified atom stereocenters. The summed E-state index contributed by atoms with van der Waals surface area (Å²) in [7, 11) is 3.93. The van der Waals surface area contributed by atoms with Crippen molar-refractivity contribution in [1.82, 2.24) is 0 Å². The number of hydrogen-bond acceptors (Lipinski definition) is 1. The molecule has 13 heavy (non-hydrogen) atoms. The van der Waals surface area contributed by atoms with Gasteiger partial charge in [-0.05, 0) is 28.1 Å². The molecule has 0 atom stereocenters. The van der Waals surface area contributed by atoms with Crippen molar-refractivity contribution in [2.75, 3.05) is 14.1 Å². The number of thiophene rings is 1. The number of allylic oxidation sites excluding steroid dienone is 1. The molecule has 0 spiro atoms. The molecule has 0 saturated carbocycles. The van der Waals surface area contributed by atoms with Gasteiger partial charge < -0.3 is 0 Å². The summed E-state index contributed by atoms with van der Waals surface area (Å²) in [6, 6.07) is 3.99. The van der Waals surface area contributed by atoms with Crippen LogP contribution in [0, 0.1) is 0 Å². The quantitative estimate of drug-likeness (QED) is 0.576. The van der Waals surface area contributed by atoms with E-state index in [0.717, 1.165) is 13.7 Å². The van der Waals surface area contributed by atoms with Gasteiger partial charge in [-0.25, -0.2) is 4.58 Å². The van der Waals surface area contributed by atoms with Crippen molar-refractivity contribution >= 4 is 50.1 Å². The largest absolute Gasteiger partial charge is 0.241 e. The minimum Gasteiger partial charge on any atom is -0.241 e. The van der Waals surface area contributed by atoms with E-state index in [4.69, 9.17) is 11.6 Å². The summed E-state index contributed by atoms with van der Waals surface area (Å²) in [5.74, 6) is 0. The van der Waals surface area contributed by atoms with E-state index in [1.165, 1.54) is 0 Å². The lowest BCUT2D eigenvalue weighted by Crippen LogP contribution is -1.95. The molecule has 1 heterocycles. The highest BCUT2D eigenvalue weighted by Crippen LogP contribution is 2.29. The third kappa shape index (κ3) is 3.63. The van der Waals surface area contributed by atoms with E-state index in [1.54, 1.807) is 11.3 Å². The van der Waals surface area contributed by atoms with Crippen LogP contribution in [0.15, 0.2) is 22.0 Å². The molecule has 1 aromatic heterocycles. The molecule has 0 aromatic carbocycles. The monoisotopic (exact) mass is 278 g/mol. The highest BCUT2D eigenvalue weighted by Gasteiger charge is 2.00. The van der Waals surface area contributed by atoms with Crippen LogP contribution in [0.2, 0.25) is 0 Å². The van der Waals surface area contributed by atoms with Gasteiger partial charge in [0.05, 0.1) is 8.82 Å². The Hall–Kier alpha value is -0.120. The Bertz CT molecular complexity index is 350. The van der Waals surface area contributed by atoms with Gasteiger partial charge in [-0.3, -0.25) is 0 Å². The summed E-state index contributed by atoms with van der Waals surface area (Å²) in [5.41, 5.74) is 0. The van der Waals surface area contributed by atoms with Gasteiger partial charge in [-0.1, -0.05) is 11.6 Å². The number of halogens is 2. The van der Waals surface area contributed by atoms with E-state index in [0.29, 0.717) is 0 Å². The smallest absolute Gasteiger partial charge is 0.164 e. The zero-order valence-electron chi connectivity index (χ0n) is 7.42. The highest BCUT2D eigenvalue weighted by molar-refractivity contribution is 9.11. The summed E-state index contributed by atoms with van der Waals surface area (Å²) in [6.07, 6.45) is 3.82. The van der Waals surface area contributed by atoms with Gasteiger partial charge in [0.15, 0.2) is 6.21 Å². The van der Waals surface area contributed by atoms with Gasteiger partial charge in [0.25, 0.3) is 0 Å². The van der Waals surface area contributed by atoms with Gasteiger partial charge in [0.1, 0.15) is 14.1 Å². The van der Waals surface area contributed by atoms with Crippen LogP contribution in [-0.2, 0) is 0 Å². The maximum Gasteiger partial charge on any atom is 0.164 e. The molecule has 0 saturated heterocycles. The van der Waals surface area contributed by atoms with Gasteiger partial charge in [-0.2, -0.15) is 0 Å². The van der Waals surface area contributed by atoms with Crippen molar-refractivity contribution < 1.29 is 4.58 Å². The Labute approximate surface area is 95.5 Å². The second kappa shape index (κ2) is 4.94. The Kier molecular flexibility index (Phi) is 4.16. The first-order valence-corrected chi connectivity index (χ1v) is 5.71. The maximum absolute atomic E-state index is 6.06. The average molecular weight is 280 g/mol. The van der Waals surface area contributed by atoms with Crippen molar-refractivity contribution in [2.45, 2.75) is 0 Å². The summed E-state index contributed by atoms with van der Waals surface area (Å²) in [4.78, 5) is 1.08. The molecule has 70 valence electrons. The van der Waals surface area contributed by atoms with Gasteiger partial charge in [-0.15, -0.1) is 11.3 Å². The minimum absolute atomic E-state index is 0.768. The molecule has 1 rings (SSSR count). The zero-order chi connectivity index (χ0) is 9.84. The molecule has 0 fully saturated rings. The zero-order valence-corrected chi connectivity index (χ0v) is 10.6. The van der Waals surface area contributed by atoms with Crippen molar-refractivity contribution in [3.05, 3.63) is 26.9 Å². The summed E-state index contributed by atoms with van der Waals surface area (Å²) in [5, 5.41) is 0.768. The average Bonchev–Trinajstić information content (AvgIpc) is 2.47. The third-order valence-corrected chi connectivity index (χ3v) is 3.43. The Morgan fingerprint density at radius 2 is 2.23 bits per heavy atom. The molecule has 0 bridgehead atoms. The predicted octanol–water partition coefficient (Wildman–Crippen LogP) is 3.43. The molecular formula is C9H10BrClNS+. The number of rotatable bonds is 2.